The van der Waals surface area contributed by atoms with Crippen molar-refractivity contribution in [1.82, 2.24) is 35.4 Å². The minimum absolute atomic E-state index is 0.0498. The topological polar surface area (TPSA) is 180 Å². The van der Waals surface area contributed by atoms with Gasteiger partial charge in [-0.2, -0.15) is 0 Å². The highest BCUT2D eigenvalue weighted by Gasteiger charge is 2.45. The molecular formula is C56H62ClFN8O6S2. The highest BCUT2D eigenvalue weighted by Crippen LogP contribution is 2.41. The summed E-state index contributed by atoms with van der Waals surface area (Å²) in [5, 5.41) is 21.5. The fourth-order valence-corrected chi connectivity index (χ4v) is 12.2. The molecule has 0 bridgehead atoms. The number of aliphatic imine (C=N–C) groups is 1. The van der Waals surface area contributed by atoms with Gasteiger partial charge in [0.1, 0.15) is 46.6 Å². The number of fused-ring (bicyclic) bond motifs is 3. The Labute approximate surface area is 443 Å². The molecule has 2 fully saturated rings. The van der Waals surface area contributed by atoms with E-state index in [2.05, 4.69) is 44.3 Å². The quantitative estimate of drug-likeness (QED) is 0.0786. The van der Waals surface area contributed by atoms with E-state index >= 15 is 4.39 Å². The minimum atomic E-state index is -1.02. The van der Waals surface area contributed by atoms with Gasteiger partial charge in [-0.05, 0) is 93.0 Å². The number of carbonyl (C=O) groups is 4. The summed E-state index contributed by atoms with van der Waals surface area (Å²) in [7, 11) is 0. The Balaban J connectivity index is 0.779. The lowest BCUT2D eigenvalue weighted by Crippen LogP contribution is -2.57. The minimum Gasteiger partial charge on any atom is -0.490 e. The number of aryl methyl sites for hydroxylation is 4. The summed E-state index contributed by atoms with van der Waals surface area (Å²) in [4.78, 5) is 73.3. The van der Waals surface area contributed by atoms with Crippen molar-refractivity contribution in [3.63, 3.8) is 0 Å². The second kappa shape index (κ2) is 21.5. The third kappa shape index (κ3) is 11.4. The molecule has 5 atom stereocenters. The van der Waals surface area contributed by atoms with E-state index in [4.69, 9.17) is 21.3 Å². The van der Waals surface area contributed by atoms with Crippen LogP contribution in [0.5, 0.6) is 5.75 Å². The molecule has 4 amide bonds. The van der Waals surface area contributed by atoms with E-state index in [1.54, 1.807) is 34.9 Å². The standard InChI is InChI=1S/C56H62ClFN8O6S2/c1-29-32(4)74-55-49(29)50(36-14-16-38(57)17-15-36)63-44(46-26-59-33(5)66(46)55)25-48(69)62-40-22-43(23-40)72-42-20-34(19-39(58)21-42)9-18-47(68)64-52(56(6,7)8)54(71)65-27-41(67)24-45(65)53(70)61-30(2)35-10-12-37(13-11-35)51-31(3)60-28-73-51/h10-17,19-21,26,28,30,40-41,43-45,52,67H,9,18,22-25,27H2,1-8H3,(H,61,70)(H,62,69)(H,64,68)/t30-,40?,41+,43?,44-,45-,52+/m0/s1. The highest BCUT2D eigenvalue weighted by molar-refractivity contribution is 7.15. The van der Waals surface area contributed by atoms with Crippen molar-refractivity contribution in [2.75, 3.05) is 6.54 Å². The van der Waals surface area contributed by atoms with Crippen LogP contribution >= 0.6 is 34.3 Å². The maximum absolute atomic E-state index is 15.1. The molecule has 6 aromatic rings. The number of imidazole rings is 1. The maximum atomic E-state index is 15.1. The lowest BCUT2D eigenvalue weighted by molar-refractivity contribution is -0.144. The number of aliphatic hydroxyl groups excluding tert-OH is 1. The number of thiazole rings is 1. The first-order valence-electron chi connectivity index (χ1n) is 25.0. The Morgan fingerprint density at radius 3 is 2.34 bits per heavy atom. The molecule has 74 heavy (non-hydrogen) atoms. The number of carbonyl (C=O) groups excluding carboxylic acids is 4. The molecule has 3 aromatic heterocycles. The van der Waals surface area contributed by atoms with E-state index in [0.29, 0.717) is 29.2 Å². The fraction of sp³-hybridized carbons (Fsp3) is 0.411. The van der Waals surface area contributed by atoms with Crippen LogP contribution in [0.3, 0.4) is 0 Å². The Bertz CT molecular complexity index is 3120. The van der Waals surface area contributed by atoms with Gasteiger partial charge >= 0.3 is 0 Å². The molecule has 1 saturated heterocycles. The zero-order chi connectivity index (χ0) is 52.7. The first-order valence-corrected chi connectivity index (χ1v) is 27.1. The van der Waals surface area contributed by atoms with Gasteiger partial charge in [0.25, 0.3) is 0 Å². The second-order valence-corrected chi connectivity index (χ2v) is 23.4. The van der Waals surface area contributed by atoms with Crippen LogP contribution in [0.15, 0.2) is 83.4 Å². The normalized spacial score (nSPS) is 20.1. The highest BCUT2D eigenvalue weighted by atomic mass is 35.5. The molecule has 5 heterocycles. The number of benzene rings is 3. The number of aliphatic hydroxyl groups is 1. The molecule has 0 spiro atoms. The van der Waals surface area contributed by atoms with Gasteiger partial charge in [-0.1, -0.05) is 68.8 Å². The van der Waals surface area contributed by atoms with Crippen LogP contribution < -0.4 is 20.7 Å². The van der Waals surface area contributed by atoms with E-state index < -0.39 is 53.2 Å². The van der Waals surface area contributed by atoms with Crippen molar-refractivity contribution < 1.29 is 33.4 Å². The van der Waals surface area contributed by atoms with Crippen LogP contribution in [-0.2, 0) is 25.6 Å². The number of amides is 4. The molecule has 14 nitrogen and oxygen atoms in total. The molecule has 9 rings (SSSR count). The third-order valence-electron chi connectivity index (χ3n) is 14.3. The Hall–Kier alpha value is -6.27. The summed E-state index contributed by atoms with van der Waals surface area (Å²) >= 11 is 9.53. The number of aromatic nitrogens is 3. The van der Waals surface area contributed by atoms with Gasteiger partial charge in [-0.15, -0.1) is 22.7 Å². The molecule has 1 aliphatic carbocycles. The van der Waals surface area contributed by atoms with Gasteiger partial charge in [0.2, 0.25) is 23.6 Å². The average Bonchev–Trinajstić information content (AvgIpc) is 4.11. The van der Waals surface area contributed by atoms with E-state index in [-0.39, 0.29) is 56.3 Å². The number of likely N-dealkylation sites (tertiary alicyclic amines) is 1. The van der Waals surface area contributed by atoms with E-state index in [0.717, 1.165) is 60.6 Å². The maximum Gasteiger partial charge on any atom is 0.246 e. The summed E-state index contributed by atoms with van der Waals surface area (Å²) in [5.41, 5.74) is 9.16. The first-order chi connectivity index (χ1) is 35.2. The molecule has 4 N–H and O–H groups in total. The number of thiophene rings is 1. The monoisotopic (exact) mass is 1060 g/mol. The molecule has 3 aliphatic rings. The van der Waals surface area contributed by atoms with Gasteiger partial charge in [0.05, 0.1) is 52.3 Å². The van der Waals surface area contributed by atoms with Crippen molar-refractivity contribution in [2.45, 2.75) is 136 Å². The second-order valence-electron chi connectivity index (χ2n) is 20.9. The van der Waals surface area contributed by atoms with Gasteiger partial charge < -0.3 is 30.7 Å². The summed E-state index contributed by atoms with van der Waals surface area (Å²) in [6, 6.07) is 16.9. The zero-order valence-electron chi connectivity index (χ0n) is 42.8. The van der Waals surface area contributed by atoms with Gasteiger partial charge in [-0.3, -0.25) is 28.7 Å². The molecule has 1 saturated carbocycles. The third-order valence-corrected chi connectivity index (χ3v) is 16.7. The summed E-state index contributed by atoms with van der Waals surface area (Å²) in [6.07, 6.45) is 1.96. The predicted molar refractivity (Wildman–Crippen MR) is 287 cm³/mol. The molecule has 2 aliphatic heterocycles. The average molecular weight is 1060 g/mol. The smallest absolute Gasteiger partial charge is 0.246 e. The first kappa shape index (κ1) is 52.6. The number of β-amino-alcohol motifs (C(OH)–C–C–N with tert-alkyl or cyclic N) is 1. The molecule has 3 aromatic carbocycles. The van der Waals surface area contributed by atoms with Crippen LogP contribution in [0.1, 0.15) is 122 Å². The van der Waals surface area contributed by atoms with E-state index in [1.807, 2.05) is 95.6 Å². The molecule has 0 radical (unpaired) electrons. The molecule has 18 heteroatoms. The summed E-state index contributed by atoms with van der Waals surface area (Å²) in [6.45, 7) is 15.4. The van der Waals surface area contributed by atoms with Gasteiger partial charge in [0.15, 0.2) is 0 Å². The lowest BCUT2D eigenvalue weighted by atomic mass is 9.85. The van der Waals surface area contributed by atoms with E-state index in [9.17, 15) is 24.3 Å². The van der Waals surface area contributed by atoms with Crippen molar-refractivity contribution >= 4 is 63.6 Å². The summed E-state index contributed by atoms with van der Waals surface area (Å²) < 4.78 is 23.4. The number of nitrogens with one attached hydrogen (secondary N) is 3. The zero-order valence-corrected chi connectivity index (χ0v) is 45.2. The van der Waals surface area contributed by atoms with Gasteiger partial charge in [0, 0.05) is 65.4 Å². The molecule has 388 valence electrons. The van der Waals surface area contributed by atoms with Crippen LogP contribution in [0, 0.1) is 38.9 Å². The van der Waals surface area contributed by atoms with Crippen molar-refractivity contribution in [2.24, 2.45) is 10.4 Å². The number of rotatable bonds is 15. The Morgan fingerprint density at radius 2 is 1.65 bits per heavy atom. The van der Waals surface area contributed by atoms with Crippen LogP contribution in [0.25, 0.3) is 15.4 Å². The number of ether oxygens (including phenoxy) is 1. The lowest BCUT2D eigenvalue weighted by Gasteiger charge is -2.36. The van der Waals surface area contributed by atoms with Crippen LogP contribution in [0.2, 0.25) is 5.02 Å². The van der Waals surface area contributed by atoms with Crippen molar-refractivity contribution in [1.29, 1.82) is 0 Å². The Kier molecular flexibility index (Phi) is 15.3. The Morgan fingerprint density at radius 1 is 0.932 bits per heavy atom. The number of hydrogen-bond acceptors (Lipinski definition) is 11. The largest absolute Gasteiger partial charge is 0.490 e. The SMILES string of the molecule is Cc1ncsc1-c1ccc([C@H](C)NC(=O)[C@@H]2C[C@@H](O)CN2C(=O)[C@@H](NC(=O)CCc2cc(F)cc(OC3CC(NC(=O)C[C@@H]4N=C(c5ccc(Cl)cc5)c5c(sc(C)c5C)-n5c4cnc5C)C3)c2)C(C)(C)C)cc1. The molecular weight excluding hydrogens is 999 g/mol. The number of halogens is 2. The molecule has 0 unspecified atom stereocenters. The number of nitrogens with zero attached hydrogens (tertiary/aromatic N) is 5. The predicted octanol–water partition coefficient (Wildman–Crippen LogP) is 9.39. The van der Waals surface area contributed by atoms with Crippen molar-refractivity contribution in [3.8, 4) is 21.2 Å². The van der Waals surface area contributed by atoms with E-state index in [1.165, 1.54) is 21.9 Å². The van der Waals surface area contributed by atoms with Crippen molar-refractivity contribution in [3.05, 3.63) is 139 Å². The summed E-state index contributed by atoms with van der Waals surface area (Å²) in [5.74, 6) is -0.836. The van der Waals surface area contributed by atoms with Crippen LogP contribution in [0.4, 0.5) is 4.39 Å². The van der Waals surface area contributed by atoms with Gasteiger partial charge in [-0.25, -0.2) is 14.4 Å². The van der Waals surface area contributed by atoms with Crippen LogP contribution in [-0.4, -0.2) is 90.8 Å². The number of hydrogen-bond donors (Lipinski definition) is 4. The fourth-order valence-electron chi connectivity index (χ4n) is 10.0.